The van der Waals surface area contributed by atoms with Crippen LogP contribution < -0.4 is 4.74 Å². The number of fused-ring (bicyclic) bond motifs is 1. The Labute approximate surface area is 90.6 Å². The summed E-state index contributed by atoms with van der Waals surface area (Å²) in [5, 5.41) is 1.79. The fourth-order valence-corrected chi connectivity index (χ4v) is 2.82. The number of nitrogens with zero attached hydrogens (tertiary/aromatic N) is 1. The molecule has 1 heterocycles. The first kappa shape index (κ1) is 9.55. The summed E-state index contributed by atoms with van der Waals surface area (Å²) < 4.78 is 7.31. The first-order valence-corrected chi connectivity index (χ1v) is 5.75. The number of ether oxygens (including phenoxy) is 1. The van der Waals surface area contributed by atoms with Gasteiger partial charge >= 0.3 is 0 Å². The Balaban J connectivity index is 2.48. The van der Waals surface area contributed by atoms with Gasteiger partial charge in [0.05, 0.1) is 17.3 Å². The zero-order valence-electron chi connectivity index (χ0n) is 7.69. The first-order valence-electron chi connectivity index (χ1n) is 4.05. The fraction of sp³-hybridized carbons (Fsp3) is 0.100. The molecule has 2 nitrogen and oxygen atoms in total. The van der Waals surface area contributed by atoms with Gasteiger partial charge < -0.3 is 4.74 Å². The van der Waals surface area contributed by atoms with Gasteiger partial charge in [0.1, 0.15) is 5.75 Å². The summed E-state index contributed by atoms with van der Waals surface area (Å²) >= 11 is 3.20. The molecule has 0 saturated carbocycles. The van der Waals surface area contributed by atoms with Crippen molar-refractivity contribution in [3.63, 3.8) is 0 Å². The van der Waals surface area contributed by atoms with E-state index in [0.29, 0.717) is 0 Å². The predicted molar refractivity (Wildman–Crippen MR) is 62.2 cm³/mol. The Morgan fingerprint density at radius 3 is 3.14 bits per heavy atom. The lowest BCUT2D eigenvalue weighted by Crippen LogP contribution is -1.80. The first-order chi connectivity index (χ1) is 6.83. The van der Waals surface area contributed by atoms with E-state index in [-0.39, 0.29) is 0 Å². The second-order valence-corrected chi connectivity index (χ2v) is 4.84. The van der Waals surface area contributed by atoms with E-state index in [1.807, 2.05) is 18.2 Å². The summed E-state index contributed by atoms with van der Waals surface area (Å²) in [6, 6.07) is 5.89. The lowest BCUT2D eigenvalue weighted by Gasteiger charge is -1.96. The number of aromatic nitrogens is 1. The Bertz CT molecular complexity index is 464. The summed E-state index contributed by atoms with van der Waals surface area (Å²) in [6.45, 7) is 3.66. The SMILES string of the molecule is C=CSc1nc2ccc(OC)cc2s1. The highest BCUT2D eigenvalue weighted by molar-refractivity contribution is 8.03. The van der Waals surface area contributed by atoms with Crippen molar-refractivity contribution >= 4 is 33.3 Å². The molecule has 0 aliphatic carbocycles. The maximum atomic E-state index is 5.14. The van der Waals surface area contributed by atoms with Crippen LogP contribution in [-0.4, -0.2) is 12.1 Å². The van der Waals surface area contributed by atoms with Crippen LogP contribution in [-0.2, 0) is 0 Å². The van der Waals surface area contributed by atoms with Crippen molar-refractivity contribution in [3.05, 3.63) is 30.2 Å². The van der Waals surface area contributed by atoms with Gasteiger partial charge in [0.15, 0.2) is 4.34 Å². The Morgan fingerprint density at radius 2 is 2.43 bits per heavy atom. The molecule has 0 atom stereocenters. The summed E-state index contributed by atoms with van der Waals surface area (Å²) in [7, 11) is 1.67. The zero-order chi connectivity index (χ0) is 9.97. The average molecular weight is 223 g/mol. The van der Waals surface area contributed by atoms with Gasteiger partial charge in [0.2, 0.25) is 0 Å². The van der Waals surface area contributed by atoms with Crippen LogP contribution in [0.5, 0.6) is 5.75 Å². The third kappa shape index (κ3) is 1.76. The number of thiazole rings is 1. The molecule has 0 aliphatic heterocycles. The van der Waals surface area contributed by atoms with Crippen LogP contribution in [0.25, 0.3) is 10.2 Å². The number of benzene rings is 1. The maximum absolute atomic E-state index is 5.14. The molecule has 72 valence electrons. The van der Waals surface area contributed by atoms with E-state index in [0.717, 1.165) is 20.3 Å². The van der Waals surface area contributed by atoms with E-state index in [1.54, 1.807) is 35.6 Å². The molecular formula is C10H9NOS2. The lowest BCUT2D eigenvalue weighted by atomic mass is 10.3. The third-order valence-electron chi connectivity index (χ3n) is 1.76. The number of hydrogen-bond acceptors (Lipinski definition) is 4. The molecule has 0 radical (unpaired) electrons. The topological polar surface area (TPSA) is 22.1 Å². The third-order valence-corrected chi connectivity index (χ3v) is 3.57. The molecular weight excluding hydrogens is 214 g/mol. The van der Waals surface area contributed by atoms with E-state index >= 15 is 0 Å². The molecule has 4 heteroatoms. The van der Waals surface area contributed by atoms with Crippen molar-refractivity contribution in [2.75, 3.05) is 7.11 Å². The smallest absolute Gasteiger partial charge is 0.155 e. The van der Waals surface area contributed by atoms with Crippen LogP contribution in [0.1, 0.15) is 0 Å². The maximum Gasteiger partial charge on any atom is 0.155 e. The van der Waals surface area contributed by atoms with Crippen molar-refractivity contribution in [2.45, 2.75) is 4.34 Å². The molecule has 0 bridgehead atoms. The minimum absolute atomic E-state index is 0.872. The van der Waals surface area contributed by atoms with Crippen molar-refractivity contribution in [1.82, 2.24) is 4.98 Å². The minimum atomic E-state index is 0.872. The quantitative estimate of drug-likeness (QED) is 0.743. The molecule has 0 fully saturated rings. The van der Waals surface area contributed by atoms with Gasteiger partial charge in [0.25, 0.3) is 0 Å². The van der Waals surface area contributed by atoms with Gasteiger partial charge in [-0.1, -0.05) is 18.3 Å². The van der Waals surface area contributed by atoms with Gasteiger partial charge in [-0.25, -0.2) is 4.98 Å². The van der Waals surface area contributed by atoms with Crippen molar-refractivity contribution in [3.8, 4) is 5.75 Å². The molecule has 14 heavy (non-hydrogen) atoms. The molecule has 1 aromatic carbocycles. The molecule has 0 saturated heterocycles. The lowest BCUT2D eigenvalue weighted by molar-refractivity contribution is 0.415. The number of thioether (sulfide) groups is 1. The van der Waals surface area contributed by atoms with E-state index in [1.165, 1.54) is 0 Å². The summed E-state index contributed by atoms with van der Waals surface area (Å²) in [5.74, 6) is 0.872. The second kappa shape index (κ2) is 4.02. The van der Waals surface area contributed by atoms with Crippen molar-refractivity contribution in [2.24, 2.45) is 0 Å². The Kier molecular flexibility index (Phi) is 2.74. The molecule has 0 spiro atoms. The van der Waals surface area contributed by atoms with Crippen LogP contribution in [0.3, 0.4) is 0 Å². The van der Waals surface area contributed by atoms with E-state index in [2.05, 4.69) is 11.6 Å². The number of rotatable bonds is 3. The Hall–Kier alpha value is -1.000. The second-order valence-electron chi connectivity index (χ2n) is 2.60. The number of hydrogen-bond donors (Lipinski definition) is 0. The summed E-state index contributed by atoms with van der Waals surface area (Å²) in [6.07, 6.45) is 0. The summed E-state index contributed by atoms with van der Waals surface area (Å²) in [4.78, 5) is 4.43. The Morgan fingerprint density at radius 1 is 1.57 bits per heavy atom. The predicted octanol–water partition coefficient (Wildman–Crippen LogP) is 3.54. The van der Waals surface area contributed by atoms with Gasteiger partial charge in [0, 0.05) is 0 Å². The van der Waals surface area contributed by atoms with Gasteiger partial charge in [-0.2, -0.15) is 0 Å². The van der Waals surface area contributed by atoms with E-state index < -0.39 is 0 Å². The van der Waals surface area contributed by atoms with Gasteiger partial charge in [-0.3, -0.25) is 0 Å². The van der Waals surface area contributed by atoms with E-state index in [4.69, 9.17) is 4.74 Å². The molecule has 2 aromatic rings. The fourth-order valence-electron chi connectivity index (χ4n) is 1.13. The molecule has 2 rings (SSSR count). The van der Waals surface area contributed by atoms with Gasteiger partial charge in [-0.15, -0.1) is 11.3 Å². The molecule has 1 aromatic heterocycles. The monoisotopic (exact) mass is 223 g/mol. The highest BCUT2D eigenvalue weighted by Crippen LogP contribution is 2.31. The molecule has 0 aliphatic rings. The normalized spacial score (nSPS) is 10.4. The van der Waals surface area contributed by atoms with Crippen LogP contribution in [0.2, 0.25) is 0 Å². The van der Waals surface area contributed by atoms with Crippen LogP contribution in [0.4, 0.5) is 0 Å². The molecule has 0 N–H and O–H groups in total. The average Bonchev–Trinajstić information content (AvgIpc) is 2.59. The largest absolute Gasteiger partial charge is 0.497 e. The number of methoxy groups -OCH3 is 1. The molecule has 0 amide bonds. The van der Waals surface area contributed by atoms with Crippen LogP contribution in [0.15, 0.2) is 34.5 Å². The minimum Gasteiger partial charge on any atom is -0.497 e. The zero-order valence-corrected chi connectivity index (χ0v) is 9.32. The molecule has 0 unspecified atom stereocenters. The van der Waals surface area contributed by atoms with E-state index in [9.17, 15) is 0 Å². The highest BCUT2D eigenvalue weighted by atomic mass is 32.2. The summed E-state index contributed by atoms with van der Waals surface area (Å²) in [5.41, 5.74) is 1.01. The standard InChI is InChI=1S/C10H9NOS2/c1-3-13-10-11-8-5-4-7(12-2)6-9(8)14-10/h3-6H,1H2,2H3. The highest BCUT2D eigenvalue weighted by Gasteiger charge is 2.03. The van der Waals surface area contributed by atoms with Crippen molar-refractivity contribution in [1.29, 1.82) is 0 Å². The van der Waals surface area contributed by atoms with Gasteiger partial charge in [-0.05, 0) is 23.6 Å². The van der Waals surface area contributed by atoms with Crippen LogP contribution >= 0.6 is 23.1 Å². The van der Waals surface area contributed by atoms with Crippen molar-refractivity contribution < 1.29 is 4.74 Å². The van der Waals surface area contributed by atoms with Crippen LogP contribution in [0, 0.1) is 0 Å².